The number of nitrogens with zero attached hydrogens (tertiary/aromatic N) is 2. The third-order valence-electron chi connectivity index (χ3n) is 5.76. The summed E-state index contributed by atoms with van der Waals surface area (Å²) in [4.78, 5) is 76.7. The summed E-state index contributed by atoms with van der Waals surface area (Å²) < 4.78 is 62.1. The molecule has 0 bridgehead atoms. The molecule has 17 nitrogen and oxygen atoms in total. The number of carbonyl (C=O) groups excluding carboxylic acids is 5. The Hall–Kier alpha value is -4.55. The van der Waals surface area contributed by atoms with E-state index in [1.54, 1.807) is 41.5 Å². The quantitative estimate of drug-likeness (QED) is 0.171. The molecule has 3 N–H and O–H groups in total. The molecule has 0 radical (unpaired) electrons. The number of carbonyl (C=O) groups is 5. The summed E-state index contributed by atoms with van der Waals surface area (Å²) in [5, 5.41) is 7.16. The van der Waals surface area contributed by atoms with Gasteiger partial charge in [0.25, 0.3) is 0 Å². The van der Waals surface area contributed by atoms with Crippen LogP contribution < -0.4 is 21.6 Å². The maximum atomic E-state index is 15.7. The first-order chi connectivity index (χ1) is 22.4. The molecule has 0 spiro atoms. The zero-order valence-corrected chi connectivity index (χ0v) is 29.0. The predicted molar refractivity (Wildman–Crippen MR) is 166 cm³/mol. The number of hydrogen-bond donors (Lipinski definition) is 3. The van der Waals surface area contributed by atoms with E-state index in [0.717, 1.165) is 12.3 Å². The summed E-state index contributed by atoms with van der Waals surface area (Å²) in [7, 11) is 0. The maximum Gasteiger partial charge on any atom is 0.509 e. The molecule has 1 aromatic rings. The van der Waals surface area contributed by atoms with Crippen LogP contribution in [0, 0.1) is 0 Å². The molecular formula is C30H45F2N5O12. The van der Waals surface area contributed by atoms with Crippen molar-refractivity contribution in [1.29, 1.82) is 0 Å². The van der Waals surface area contributed by atoms with Crippen LogP contribution in [0.2, 0.25) is 0 Å². The highest BCUT2D eigenvalue weighted by atomic mass is 19.3. The number of alkyl halides is 2. The van der Waals surface area contributed by atoms with Crippen molar-refractivity contribution in [2.24, 2.45) is 0 Å². The Balaban J connectivity index is 2.04. The number of nitrogens with one attached hydrogen (secondary N) is 3. The Kier molecular flexibility index (Phi) is 13.5. The normalized spacial score (nSPS) is 18.9. The molecule has 0 unspecified atom stereocenters. The van der Waals surface area contributed by atoms with Gasteiger partial charge >= 0.3 is 30.0 Å². The predicted octanol–water partition coefficient (Wildman–Crippen LogP) is 3.41. The molecular weight excluding hydrogens is 660 g/mol. The number of rotatable bonds is 11. The van der Waals surface area contributed by atoms with Gasteiger partial charge in [0, 0.05) is 19.2 Å². The van der Waals surface area contributed by atoms with E-state index in [1.165, 1.54) is 20.8 Å². The number of hydrogen-bond acceptors (Lipinski definition) is 13. The average Bonchev–Trinajstić information content (AvgIpc) is 3.15. The van der Waals surface area contributed by atoms with Crippen LogP contribution in [0.4, 0.5) is 29.0 Å². The second kappa shape index (κ2) is 16.2. The number of amides is 3. The first-order valence-electron chi connectivity index (χ1n) is 15.3. The fourth-order valence-electron chi connectivity index (χ4n) is 3.93. The van der Waals surface area contributed by atoms with Crippen LogP contribution in [0.25, 0.3) is 0 Å². The van der Waals surface area contributed by atoms with Crippen molar-refractivity contribution in [2.45, 2.75) is 116 Å². The minimum atomic E-state index is -4.07. The van der Waals surface area contributed by atoms with Crippen LogP contribution in [0.15, 0.2) is 17.1 Å². The Morgan fingerprint density at radius 2 is 1.49 bits per heavy atom. The zero-order valence-electron chi connectivity index (χ0n) is 29.0. The van der Waals surface area contributed by atoms with E-state index in [4.69, 9.17) is 28.4 Å². The van der Waals surface area contributed by atoms with Crippen molar-refractivity contribution in [3.63, 3.8) is 0 Å². The van der Waals surface area contributed by atoms with Crippen molar-refractivity contribution in [1.82, 2.24) is 20.2 Å². The SMILES string of the molecule is CC(C)(C)OC(=O)NCC(=O)NCCCC(=O)Nc1ccn([C@@H]2O[C@H](COC(=O)OC(C)(C)C)[C@@H](OC(=O)OC(C)(C)C)C2(F)F)c(=O)n1. The number of anilines is 1. The summed E-state index contributed by atoms with van der Waals surface area (Å²) in [5.74, 6) is -5.44. The van der Waals surface area contributed by atoms with E-state index in [2.05, 4.69) is 20.9 Å². The number of alkyl carbamates (subject to hydrolysis) is 1. The van der Waals surface area contributed by atoms with Crippen molar-refractivity contribution >= 4 is 36.0 Å². The molecule has 49 heavy (non-hydrogen) atoms. The van der Waals surface area contributed by atoms with Crippen molar-refractivity contribution in [2.75, 3.05) is 25.0 Å². The number of aromatic nitrogens is 2. The molecule has 1 aromatic heterocycles. The summed E-state index contributed by atoms with van der Waals surface area (Å²) in [5.41, 5.74) is -4.03. The van der Waals surface area contributed by atoms with Crippen molar-refractivity contribution in [3.8, 4) is 0 Å². The lowest BCUT2D eigenvalue weighted by Crippen LogP contribution is -2.45. The standard InChI is InChI=1S/C30H45F2N5O12/c1-27(2,3)47-24(41)34-15-20(39)33-13-10-11-19(38)35-18-12-14-37(23(40)36-18)22-30(31,32)21(46-26(43)49-29(7,8)9)17(45-22)16-44-25(42)48-28(4,5)6/h12,14,17,21-22H,10-11,13,15-16H2,1-9H3,(H,33,39)(H,34,41)(H,35,36,38,40)/t17-,21-,22-/m1/s1. The molecule has 276 valence electrons. The molecule has 3 amide bonds. The monoisotopic (exact) mass is 705 g/mol. The maximum absolute atomic E-state index is 15.7. The van der Waals surface area contributed by atoms with Gasteiger partial charge in [-0.25, -0.2) is 19.2 Å². The largest absolute Gasteiger partial charge is 0.509 e. The van der Waals surface area contributed by atoms with Crippen LogP contribution in [0.5, 0.6) is 0 Å². The van der Waals surface area contributed by atoms with Gasteiger partial charge in [0.1, 0.15) is 35.3 Å². The van der Waals surface area contributed by atoms with Crippen LogP contribution in [0.3, 0.4) is 0 Å². The average molecular weight is 706 g/mol. The van der Waals surface area contributed by atoms with Gasteiger partial charge in [-0.1, -0.05) is 0 Å². The van der Waals surface area contributed by atoms with Crippen molar-refractivity contribution in [3.05, 3.63) is 22.7 Å². The fraction of sp³-hybridized carbons (Fsp3) is 0.700. The van der Waals surface area contributed by atoms with Crippen molar-refractivity contribution < 1.29 is 61.2 Å². The van der Waals surface area contributed by atoms with Gasteiger partial charge in [0.2, 0.25) is 24.1 Å². The van der Waals surface area contributed by atoms with E-state index >= 15 is 8.78 Å². The van der Waals surface area contributed by atoms with Crippen LogP contribution >= 0.6 is 0 Å². The molecule has 1 aliphatic heterocycles. The minimum absolute atomic E-state index is 0.0801. The first kappa shape index (κ1) is 40.6. The van der Waals surface area contributed by atoms with E-state index in [-0.39, 0.29) is 31.7 Å². The van der Waals surface area contributed by atoms with E-state index in [1.807, 2.05) is 0 Å². The molecule has 19 heteroatoms. The fourth-order valence-corrected chi connectivity index (χ4v) is 3.93. The Labute approximate surface area is 281 Å². The highest BCUT2D eigenvalue weighted by Crippen LogP contribution is 2.44. The third kappa shape index (κ3) is 14.2. The lowest BCUT2D eigenvalue weighted by atomic mass is 10.1. The second-order valence-electron chi connectivity index (χ2n) is 13.8. The first-order valence-corrected chi connectivity index (χ1v) is 15.3. The minimum Gasteiger partial charge on any atom is -0.444 e. The van der Waals surface area contributed by atoms with Gasteiger partial charge in [-0.2, -0.15) is 13.8 Å². The molecule has 1 aliphatic rings. The summed E-state index contributed by atoms with van der Waals surface area (Å²) >= 11 is 0. The van der Waals surface area contributed by atoms with Crippen LogP contribution in [0.1, 0.15) is 81.4 Å². The molecule has 0 aromatic carbocycles. The summed E-state index contributed by atoms with van der Waals surface area (Å²) in [6.45, 7) is 13.0. The molecule has 1 fully saturated rings. The molecule has 0 saturated carbocycles. The summed E-state index contributed by atoms with van der Waals surface area (Å²) in [6.07, 6.45) is -8.96. The van der Waals surface area contributed by atoms with Gasteiger partial charge in [-0.15, -0.1) is 0 Å². The number of halogens is 2. The van der Waals surface area contributed by atoms with Gasteiger partial charge in [-0.05, 0) is 74.8 Å². The lowest BCUT2D eigenvalue weighted by Gasteiger charge is -2.26. The van der Waals surface area contributed by atoms with Gasteiger partial charge in [0.05, 0.1) is 6.54 Å². The van der Waals surface area contributed by atoms with E-state index in [9.17, 15) is 28.8 Å². The molecule has 1 saturated heterocycles. The lowest BCUT2D eigenvalue weighted by molar-refractivity contribution is -0.149. The zero-order chi connectivity index (χ0) is 37.4. The van der Waals surface area contributed by atoms with E-state index in [0.29, 0.717) is 4.57 Å². The Bertz CT molecular complexity index is 1420. The van der Waals surface area contributed by atoms with Crippen LogP contribution in [-0.4, -0.2) is 94.4 Å². The Morgan fingerprint density at radius 3 is 2.06 bits per heavy atom. The summed E-state index contributed by atoms with van der Waals surface area (Å²) in [6, 6.07) is 1.07. The van der Waals surface area contributed by atoms with Gasteiger partial charge in [0.15, 0.2) is 0 Å². The Morgan fingerprint density at radius 1 is 0.898 bits per heavy atom. The third-order valence-corrected chi connectivity index (χ3v) is 5.76. The molecule has 2 heterocycles. The highest BCUT2D eigenvalue weighted by Gasteiger charge is 2.63. The molecule has 0 aliphatic carbocycles. The molecule has 2 rings (SSSR count). The van der Waals surface area contributed by atoms with Crippen LogP contribution in [-0.2, 0) is 38.0 Å². The molecule has 3 atom stereocenters. The van der Waals surface area contributed by atoms with Gasteiger partial charge in [-0.3, -0.25) is 14.2 Å². The second-order valence-corrected chi connectivity index (χ2v) is 13.8. The van der Waals surface area contributed by atoms with Gasteiger partial charge < -0.3 is 44.4 Å². The topological polar surface area (TPSA) is 212 Å². The smallest absolute Gasteiger partial charge is 0.444 e. The number of ether oxygens (including phenoxy) is 6. The highest BCUT2D eigenvalue weighted by molar-refractivity contribution is 5.89. The van der Waals surface area contributed by atoms with E-state index < -0.39 is 83.7 Å².